The molecule has 0 aliphatic carbocycles. The van der Waals surface area contributed by atoms with Crippen molar-refractivity contribution in [3.05, 3.63) is 68.9 Å². The molecule has 0 aliphatic heterocycles. The Morgan fingerprint density at radius 1 is 1.15 bits per heavy atom. The lowest BCUT2D eigenvalue weighted by Crippen LogP contribution is -2.25. The summed E-state index contributed by atoms with van der Waals surface area (Å²) in [5.74, 6) is -0.532. The van der Waals surface area contributed by atoms with Gasteiger partial charge in [0, 0.05) is 37.4 Å². The number of rotatable bonds is 5. The zero-order valence-corrected chi connectivity index (χ0v) is 20.8. The van der Waals surface area contributed by atoms with Crippen LogP contribution in [-0.2, 0) is 18.3 Å². The lowest BCUT2D eigenvalue weighted by molar-refractivity contribution is -0.107. The van der Waals surface area contributed by atoms with Crippen LogP contribution in [0.4, 0.5) is 4.39 Å². The maximum absolute atomic E-state index is 14.3. The minimum atomic E-state index is -0.532. The highest BCUT2D eigenvalue weighted by molar-refractivity contribution is 6.30. The maximum atomic E-state index is 14.3. The zero-order valence-electron chi connectivity index (χ0n) is 20.1. The monoisotopic (exact) mass is 477 g/mol. The summed E-state index contributed by atoms with van der Waals surface area (Å²) in [5.41, 5.74) is 2.06. The third-order valence-corrected chi connectivity index (χ3v) is 4.37. The lowest BCUT2D eigenvalue weighted by Gasteiger charge is -2.20. The standard InChI is InChI=1S/C19H17ClFNO2.C4H10O.C2H2.CH4O/c1-5-12-13(6-2)19(24)22(4)16(9-10-23)17(12)14-7-8-15(20)18(21)11(14)3;1-4(2,3)5;2*1-2/h5-8,10H,1-2,9H2,3-4H3;5H,1-3H3;1-2H;2H,1H3. The summed E-state index contributed by atoms with van der Waals surface area (Å²) in [7, 11) is 2.58. The van der Waals surface area contributed by atoms with E-state index in [2.05, 4.69) is 26.0 Å². The fourth-order valence-corrected chi connectivity index (χ4v) is 3.03. The Bertz CT molecular complexity index is 1040. The van der Waals surface area contributed by atoms with Crippen molar-refractivity contribution < 1.29 is 19.4 Å². The van der Waals surface area contributed by atoms with Crippen LogP contribution in [0.2, 0.25) is 5.02 Å². The van der Waals surface area contributed by atoms with Crippen molar-refractivity contribution in [3.8, 4) is 24.0 Å². The van der Waals surface area contributed by atoms with Gasteiger partial charge in [0.2, 0.25) is 0 Å². The summed E-state index contributed by atoms with van der Waals surface area (Å²) in [4.78, 5) is 23.6. The van der Waals surface area contributed by atoms with Crippen molar-refractivity contribution in [1.82, 2.24) is 4.57 Å². The molecule has 0 amide bonds. The SMILES string of the molecule is C#C.C=Cc1c(-c2ccc(Cl)c(F)c2C)c(CC=O)n(C)c(=O)c1C=C.CC(C)(C)O.CO. The van der Waals surface area contributed by atoms with E-state index in [0.717, 1.165) is 7.11 Å². The number of carbonyl (C=O) groups is 1. The van der Waals surface area contributed by atoms with Crippen LogP contribution in [0.3, 0.4) is 0 Å². The number of aromatic nitrogens is 1. The Kier molecular flexibility index (Phi) is 14.6. The molecule has 0 bridgehead atoms. The summed E-state index contributed by atoms with van der Waals surface area (Å²) in [6.07, 6.45) is 11.7. The molecule has 7 heteroatoms. The van der Waals surface area contributed by atoms with Crippen molar-refractivity contribution in [2.45, 2.75) is 39.7 Å². The fourth-order valence-electron chi connectivity index (χ4n) is 2.83. The topological polar surface area (TPSA) is 79.5 Å². The van der Waals surface area contributed by atoms with Gasteiger partial charge in [-0.05, 0) is 50.5 Å². The Morgan fingerprint density at radius 3 is 2.00 bits per heavy atom. The van der Waals surface area contributed by atoms with E-state index in [4.69, 9.17) is 21.8 Å². The van der Waals surface area contributed by atoms with E-state index in [1.54, 1.807) is 40.8 Å². The minimum absolute atomic E-state index is 0.0158. The number of nitrogens with zero attached hydrogens (tertiary/aromatic N) is 1. The van der Waals surface area contributed by atoms with Gasteiger partial charge >= 0.3 is 0 Å². The molecule has 0 radical (unpaired) electrons. The molecule has 1 aromatic carbocycles. The van der Waals surface area contributed by atoms with E-state index in [1.165, 1.54) is 22.8 Å². The summed E-state index contributed by atoms with van der Waals surface area (Å²) in [6.45, 7) is 14.3. The van der Waals surface area contributed by atoms with Gasteiger partial charge in [-0.1, -0.05) is 43.0 Å². The van der Waals surface area contributed by atoms with E-state index in [-0.39, 0.29) is 17.0 Å². The van der Waals surface area contributed by atoms with Gasteiger partial charge < -0.3 is 19.6 Å². The second kappa shape index (κ2) is 15.0. The summed E-state index contributed by atoms with van der Waals surface area (Å²) >= 11 is 5.84. The van der Waals surface area contributed by atoms with Crippen LogP contribution < -0.4 is 5.56 Å². The zero-order chi connectivity index (χ0) is 26.5. The predicted molar refractivity (Wildman–Crippen MR) is 137 cm³/mol. The van der Waals surface area contributed by atoms with Gasteiger partial charge in [0.25, 0.3) is 5.56 Å². The van der Waals surface area contributed by atoms with E-state index in [1.807, 2.05) is 0 Å². The van der Waals surface area contributed by atoms with Crippen molar-refractivity contribution in [3.63, 3.8) is 0 Å². The maximum Gasteiger partial charge on any atom is 0.258 e. The van der Waals surface area contributed by atoms with Gasteiger partial charge in [-0.2, -0.15) is 0 Å². The number of halogens is 2. The van der Waals surface area contributed by atoms with Gasteiger partial charge in [0.05, 0.1) is 10.6 Å². The minimum Gasteiger partial charge on any atom is -0.400 e. The number of hydrogen-bond acceptors (Lipinski definition) is 4. The molecule has 0 atom stereocenters. The number of carbonyl (C=O) groups excluding carboxylic acids is 1. The first-order valence-corrected chi connectivity index (χ1v) is 10.2. The number of aliphatic hydroxyl groups excluding tert-OH is 1. The summed E-state index contributed by atoms with van der Waals surface area (Å²) in [6, 6.07) is 3.13. The molecular weight excluding hydrogens is 445 g/mol. The van der Waals surface area contributed by atoms with Crippen LogP contribution in [-0.4, -0.2) is 33.8 Å². The van der Waals surface area contributed by atoms with Gasteiger partial charge in [0.1, 0.15) is 12.1 Å². The third kappa shape index (κ3) is 8.82. The van der Waals surface area contributed by atoms with Gasteiger partial charge in [0.15, 0.2) is 0 Å². The molecule has 2 N–H and O–H groups in total. The first-order valence-electron chi connectivity index (χ1n) is 9.78. The van der Waals surface area contributed by atoms with Crippen LogP contribution in [0.15, 0.2) is 30.1 Å². The molecule has 0 saturated carbocycles. The quantitative estimate of drug-likeness (QED) is 0.478. The van der Waals surface area contributed by atoms with Crippen molar-refractivity contribution >= 4 is 30.0 Å². The van der Waals surface area contributed by atoms with Crippen LogP contribution in [0, 0.1) is 25.6 Å². The normalized spacial score (nSPS) is 9.70. The highest BCUT2D eigenvalue weighted by Gasteiger charge is 2.21. The smallest absolute Gasteiger partial charge is 0.258 e. The first-order chi connectivity index (χ1) is 15.4. The number of terminal acetylenes is 1. The summed E-state index contributed by atoms with van der Waals surface area (Å²) in [5, 5.41) is 15.5. The van der Waals surface area contributed by atoms with Gasteiger partial charge in [-0.15, -0.1) is 12.8 Å². The highest BCUT2D eigenvalue weighted by Crippen LogP contribution is 2.35. The van der Waals surface area contributed by atoms with Crippen LogP contribution in [0.25, 0.3) is 23.3 Å². The second-order valence-corrected chi connectivity index (χ2v) is 7.90. The predicted octanol–water partition coefficient (Wildman–Crippen LogP) is 4.82. The fraction of sp³-hybridized carbons (Fsp3) is 0.308. The molecule has 180 valence electrons. The van der Waals surface area contributed by atoms with Crippen molar-refractivity contribution in [2.75, 3.05) is 7.11 Å². The lowest BCUT2D eigenvalue weighted by atomic mass is 9.90. The van der Waals surface area contributed by atoms with E-state index in [0.29, 0.717) is 39.8 Å². The molecule has 0 aliphatic rings. The van der Waals surface area contributed by atoms with E-state index in [9.17, 15) is 14.0 Å². The van der Waals surface area contributed by atoms with E-state index < -0.39 is 11.4 Å². The average Bonchev–Trinajstić information content (AvgIpc) is 2.77. The first kappa shape index (κ1) is 32.2. The largest absolute Gasteiger partial charge is 0.400 e. The number of benzene rings is 1. The number of aldehydes is 1. The second-order valence-electron chi connectivity index (χ2n) is 7.50. The highest BCUT2D eigenvalue weighted by atomic mass is 35.5. The molecule has 0 spiro atoms. The van der Waals surface area contributed by atoms with E-state index >= 15 is 0 Å². The Morgan fingerprint density at radius 2 is 1.61 bits per heavy atom. The molecule has 0 unspecified atom stereocenters. The molecule has 1 aromatic heterocycles. The summed E-state index contributed by atoms with van der Waals surface area (Å²) < 4.78 is 15.7. The van der Waals surface area contributed by atoms with Crippen LogP contribution in [0.5, 0.6) is 0 Å². The third-order valence-electron chi connectivity index (χ3n) is 4.08. The number of hydrogen-bond donors (Lipinski definition) is 2. The van der Waals surface area contributed by atoms with Gasteiger partial charge in [-0.25, -0.2) is 4.39 Å². The molecule has 0 saturated heterocycles. The Balaban J connectivity index is 0. The average molecular weight is 478 g/mol. The molecular formula is C26H33ClFNO4. The molecule has 5 nitrogen and oxygen atoms in total. The Hall–Kier alpha value is -2.98. The molecule has 2 rings (SSSR count). The van der Waals surface area contributed by atoms with Crippen LogP contribution >= 0.6 is 11.6 Å². The molecule has 1 heterocycles. The Labute approximate surface area is 200 Å². The number of pyridine rings is 1. The molecule has 2 aromatic rings. The van der Waals surface area contributed by atoms with Crippen molar-refractivity contribution in [2.24, 2.45) is 7.05 Å². The van der Waals surface area contributed by atoms with Gasteiger partial charge in [-0.3, -0.25) is 4.79 Å². The number of aliphatic hydroxyl groups is 2. The van der Waals surface area contributed by atoms with Crippen LogP contribution in [0.1, 0.15) is 43.2 Å². The molecule has 33 heavy (non-hydrogen) atoms. The molecule has 0 fully saturated rings. The van der Waals surface area contributed by atoms with Crippen molar-refractivity contribution in [1.29, 1.82) is 0 Å².